The average Bonchev–Trinajstić information content (AvgIpc) is 2.82. The first kappa shape index (κ1) is 12.8. The second-order valence-electron chi connectivity index (χ2n) is 4.20. The monoisotopic (exact) mass is 265 g/mol. The molecule has 0 unspecified atom stereocenters. The van der Waals surface area contributed by atoms with Crippen LogP contribution in [0.1, 0.15) is 12.1 Å². The Kier molecular flexibility index (Phi) is 4.01. The van der Waals surface area contributed by atoms with E-state index in [2.05, 4.69) is 10.3 Å². The summed E-state index contributed by atoms with van der Waals surface area (Å²) in [7, 11) is 0. The van der Waals surface area contributed by atoms with Crippen LogP contribution in [0.5, 0.6) is 0 Å². The maximum absolute atomic E-state index is 12.2. The van der Waals surface area contributed by atoms with Gasteiger partial charge in [-0.1, -0.05) is 0 Å². The Morgan fingerprint density at radius 2 is 2.35 bits per heavy atom. The summed E-state index contributed by atoms with van der Waals surface area (Å²) in [5.74, 6) is 0. The van der Waals surface area contributed by atoms with Gasteiger partial charge in [0.25, 0.3) is 0 Å². The van der Waals surface area contributed by atoms with Crippen LogP contribution in [0.25, 0.3) is 0 Å². The fraction of sp³-hybridized carbons (Fsp3) is 0.700. The van der Waals surface area contributed by atoms with Crippen molar-refractivity contribution in [1.82, 2.24) is 15.2 Å². The first-order valence-corrected chi connectivity index (χ1v) is 6.37. The molecule has 0 amide bonds. The third kappa shape index (κ3) is 4.25. The summed E-state index contributed by atoms with van der Waals surface area (Å²) in [6, 6.07) is 0.138. The van der Waals surface area contributed by atoms with E-state index >= 15 is 0 Å². The summed E-state index contributed by atoms with van der Waals surface area (Å²) < 4.78 is 36.5. The van der Waals surface area contributed by atoms with E-state index in [9.17, 15) is 13.2 Å². The van der Waals surface area contributed by atoms with Crippen molar-refractivity contribution in [1.29, 1.82) is 0 Å². The van der Waals surface area contributed by atoms with Gasteiger partial charge < -0.3 is 5.32 Å². The number of thiazole rings is 1. The largest absolute Gasteiger partial charge is 0.401 e. The third-order valence-corrected chi connectivity index (χ3v) is 3.37. The molecule has 2 heterocycles. The molecule has 3 nitrogen and oxygen atoms in total. The lowest BCUT2D eigenvalue weighted by Gasteiger charge is -2.18. The molecule has 0 aliphatic carbocycles. The second-order valence-corrected chi connectivity index (χ2v) is 4.92. The minimum atomic E-state index is -4.09. The summed E-state index contributed by atoms with van der Waals surface area (Å²) in [4.78, 5) is 5.56. The van der Waals surface area contributed by atoms with Crippen LogP contribution in [0.15, 0.2) is 10.9 Å². The van der Waals surface area contributed by atoms with Crippen LogP contribution in [-0.4, -0.2) is 41.7 Å². The molecule has 0 bridgehead atoms. The SMILES string of the molecule is FC(F)(F)CN1CC[C@@H](NCc2cscn2)C1. The van der Waals surface area contributed by atoms with Crippen molar-refractivity contribution < 1.29 is 13.2 Å². The van der Waals surface area contributed by atoms with E-state index in [1.165, 1.54) is 16.2 Å². The predicted octanol–water partition coefficient (Wildman–Crippen LogP) is 1.87. The molecule has 1 aromatic heterocycles. The summed E-state index contributed by atoms with van der Waals surface area (Å²) in [5.41, 5.74) is 2.70. The van der Waals surface area contributed by atoms with Crippen LogP contribution < -0.4 is 5.32 Å². The third-order valence-electron chi connectivity index (χ3n) is 2.73. The van der Waals surface area contributed by atoms with Gasteiger partial charge >= 0.3 is 6.18 Å². The molecular formula is C10H14F3N3S. The molecule has 2 rings (SSSR count). The van der Waals surface area contributed by atoms with Gasteiger partial charge in [-0.15, -0.1) is 11.3 Å². The van der Waals surface area contributed by atoms with Crippen LogP contribution in [0.4, 0.5) is 13.2 Å². The van der Waals surface area contributed by atoms with Gasteiger partial charge in [0.05, 0.1) is 17.7 Å². The van der Waals surface area contributed by atoms with Crippen LogP contribution in [0.2, 0.25) is 0 Å². The van der Waals surface area contributed by atoms with Gasteiger partial charge in [0.1, 0.15) is 0 Å². The molecule has 17 heavy (non-hydrogen) atoms. The average molecular weight is 265 g/mol. The molecule has 1 fully saturated rings. The van der Waals surface area contributed by atoms with Gasteiger partial charge in [0.15, 0.2) is 0 Å². The van der Waals surface area contributed by atoms with Crippen LogP contribution >= 0.6 is 11.3 Å². The van der Waals surface area contributed by atoms with E-state index < -0.39 is 12.7 Å². The molecule has 1 atom stereocenters. The highest BCUT2D eigenvalue weighted by Gasteiger charge is 2.34. The molecule has 0 radical (unpaired) electrons. The smallest absolute Gasteiger partial charge is 0.307 e. The van der Waals surface area contributed by atoms with Gasteiger partial charge in [-0.2, -0.15) is 13.2 Å². The lowest BCUT2D eigenvalue weighted by Crippen LogP contribution is -2.36. The van der Waals surface area contributed by atoms with Crippen LogP contribution in [0, 0.1) is 0 Å². The Morgan fingerprint density at radius 1 is 1.53 bits per heavy atom. The summed E-state index contributed by atoms with van der Waals surface area (Å²) in [5, 5.41) is 5.17. The Labute approximate surface area is 102 Å². The molecule has 7 heteroatoms. The number of alkyl halides is 3. The summed E-state index contributed by atoms with van der Waals surface area (Å²) in [6.45, 7) is 0.799. The molecule has 1 aromatic rings. The Balaban J connectivity index is 1.71. The van der Waals surface area contributed by atoms with Crippen molar-refractivity contribution in [2.24, 2.45) is 0 Å². The minimum absolute atomic E-state index is 0.138. The van der Waals surface area contributed by atoms with E-state index in [1.54, 1.807) is 5.51 Å². The van der Waals surface area contributed by atoms with E-state index in [4.69, 9.17) is 0 Å². The van der Waals surface area contributed by atoms with Crippen LogP contribution in [0.3, 0.4) is 0 Å². The lowest BCUT2D eigenvalue weighted by atomic mass is 10.2. The fourth-order valence-corrected chi connectivity index (χ4v) is 2.53. The molecule has 1 N–H and O–H groups in total. The van der Waals surface area contributed by atoms with Crippen molar-refractivity contribution in [2.75, 3.05) is 19.6 Å². The molecule has 0 aromatic carbocycles. The van der Waals surface area contributed by atoms with Crippen molar-refractivity contribution in [3.63, 3.8) is 0 Å². The first-order chi connectivity index (χ1) is 8.03. The Morgan fingerprint density at radius 3 is 3.00 bits per heavy atom. The molecule has 0 saturated carbocycles. The first-order valence-electron chi connectivity index (χ1n) is 5.42. The summed E-state index contributed by atoms with van der Waals surface area (Å²) in [6.07, 6.45) is -3.33. The molecule has 0 spiro atoms. The molecule has 1 saturated heterocycles. The van der Waals surface area contributed by atoms with E-state index in [0.717, 1.165) is 12.1 Å². The molecular weight excluding hydrogens is 251 g/mol. The lowest BCUT2D eigenvalue weighted by molar-refractivity contribution is -0.143. The normalized spacial score (nSPS) is 22.2. The zero-order valence-electron chi connectivity index (χ0n) is 9.20. The van der Waals surface area contributed by atoms with Crippen LogP contribution in [-0.2, 0) is 6.54 Å². The van der Waals surface area contributed by atoms with Crippen molar-refractivity contribution >= 4 is 11.3 Å². The standard InChI is InChI=1S/C10H14F3N3S/c11-10(12,13)6-16-2-1-8(4-16)14-3-9-5-17-7-15-9/h5,7-8,14H,1-4,6H2/t8-/m1/s1. The van der Waals surface area contributed by atoms with Crippen molar-refractivity contribution in [2.45, 2.75) is 25.2 Å². The number of rotatable bonds is 4. The molecule has 1 aliphatic heterocycles. The number of hydrogen-bond acceptors (Lipinski definition) is 4. The van der Waals surface area contributed by atoms with E-state index in [0.29, 0.717) is 19.6 Å². The van der Waals surface area contributed by atoms with Gasteiger partial charge in [0, 0.05) is 31.1 Å². The second kappa shape index (κ2) is 5.32. The number of nitrogens with one attached hydrogen (secondary N) is 1. The zero-order chi connectivity index (χ0) is 12.3. The van der Waals surface area contributed by atoms with E-state index in [1.807, 2.05) is 5.38 Å². The van der Waals surface area contributed by atoms with Gasteiger partial charge in [-0.05, 0) is 6.42 Å². The maximum atomic E-state index is 12.2. The van der Waals surface area contributed by atoms with E-state index in [-0.39, 0.29) is 6.04 Å². The summed E-state index contributed by atoms with van der Waals surface area (Å²) >= 11 is 1.52. The Hall–Kier alpha value is -0.660. The number of likely N-dealkylation sites (tertiary alicyclic amines) is 1. The quantitative estimate of drug-likeness (QED) is 0.901. The number of hydrogen-bond donors (Lipinski definition) is 1. The Bertz CT molecular complexity index is 339. The molecule has 96 valence electrons. The van der Waals surface area contributed by atoms with Crippen molar-refractivity contribution in [3.05, 3.63) is 16.6 Å². The number of aromatic nitrogens is 1. The highest BCUT2D eigenvalue weighted by Crippen LogP contribution is 2.20. The van der Waals surface area contributed by atoms with Crippen molar-refractivity contribution in [3.8, 4) is 0 Å². The fourth-order valence-electron chi connectivity index (χ4n) is 1.97. The minimum Gasteiger partial charge on any atom is -0.307 e. The number of nitrogens with zero attached hydrogens (tertiary/aromatic N) is 2. The van der Waals surface area contributed by atoms with Gasteiger partial charge in [-0.25, -0.2) is 4.98 Å². The maximum Gasteiger partial charge on any atom is 0.401 e. The number of halogens is 3. The topological polar surface area (TPSA) is 28.2 Å². The zero-order valence-corrected chi connectivity index (χ0v) is 10.0. The predicted molar refractivity (Wildman–Crippen MR) is 59.9 cm³/mol. The highest BCUT2D eigenvalue weighted by molar-refractivity contribution is 7.07. The molecule has 1 aliphatic rings. The van der Waals surface area contributed by atoms with Gasteiger partial charge in [-0.3, -0.25) is 4.90 Å². The highest BCUT2D eigenvalue weighted by atomic mass is 32.1. The van der Waals surface area contributed by atoms with Gasteiger partial charge in [0.2, 0.25) is 0 Å².